The molecule has 0 fully saturated rings. The van der Waals surface area contributed by atoms with Crippen LogP contribution in [0.5, 0.6) is 0 Å². The van der Waals surface area contributed by atoms with E-state index in [0.29, 0.717) is 0 Å². The second-order valence-corrected chi connectivity index (χ2v) is 12.0. The molecule has 2 aromatic rings. The molecule has 4 nitrogen and oxygen atoms in total. The highest BCUT2D eigenvalue weighted by Gasteiger charge is 2.14. The van der Waals surface area contributed by atoms with Crippen LogP contribution >= 0.6 is 44.8 Å². The van der Waals surface area contributed by atoms with Gasteiger partial charge >= 0.3 is 0 Å². The SMILES string of the molecule is CS(=O)(=O)c1ccc(SSc2ccc(S(C)(=O)=O)c(Cl)c2)cc1Cl. The van der Waals surface area contributed by atoms with E-state index in [4.69, 9.17) is 23.2 Å². The van der Waals surface area contributed by atoms with E-state index >= 15 is 0 Å². The van der Waals surface area contributed by atoms with Crippen LogP contribution in [0, 0.1) is 0 Å². The van der Waals surface area contributed by atoms with E-state index in [0.717, 1.165) is 22.3 Å². The molecular formula is C14H12Cl2O4S4. The zero-order valence-corrected chi connectivity index (χ0v) is 17.3. The summed E-state index contributed by atoms with van der Waals surface area (Å²) in [4.78, 5) is 1.69. The maximum absolute atomic E-state index is 11.5. The lowest BCUT2D eigenvalue weighted by Gasteiger charge is -2.07. The summed E-state index contributed by atoms with van der Waals surface area (Å²) in [5.41, 5.74) is 0. The smallest absolute Gasteiger partial charge is 0.176 e. The van der Waals surface area contributed by atoms with Gasteiger partial charge in [-0.1, -0.05) is 44.8 Å². The Labute approximate surface area is 159 Å². The molecule has 0 aliphatic rings. The van der Waals surface area contributed by atoms with Crippen molar-refractivity contribution in [2.75, 3.05) is 12.5 Å². The van der Waals surface area contributed by atoms with Crippen LogP contribution in [0.3, 0.4) is 0 Å². The van der Waals surface area contributed by atoms with Crippen molar-refractivity contribution < 1.29 is 16.8 Å². The molecule has 0 aliphatic carbocycles. The standard InChI is InChI=1S/C14H12Cl2O4S4/c1-23(17,18)13-5-3-9(7-11(13)15)21-22-10-4-6-14(12(16)8-10)24(2,19)20/h3-8H,1-2H3. The van der Waals surface area contributed by atoms with E-state index in [9.17, 15) is 16.8 Å². The first-order chi connectivity index (χ1) is 11.0. The molecule has 0 N–H and O–H groups in total. The maximum Gasteiger partial charge on any atom is 0.176 e. The lowest BCUT2D eigenvalue weighted by atomic mass is 10.4. The summed E-state index contributed by atoms with van der Waals surface area (Å²) in [5, 5.41) is 0.321. The molecule has 0 aliphatic heterocycles. The van der Waals surface area contributed by atoms with Crippen molar-refractivity contribution >= 4 is 64.5 Å². The van der Waals surface area contributed by atoms with Gasteiger partial charge in [-0.25, -0.2) is 16.8 Å². The Morgan fingerprint density at radius 1 is 0.708 bits per heavy atom. The number of halogens is 2. The first-order valence-electron chi connectivity index (χ1n) is 6.32. The van der Waals surface area contributed by atoms with Gasteiger partial charge in [0.05, 0.1) is 19.8 Å². The van der Waals surface area contributed by atoms with Gasteiger partial charge in [0.15, 0.2) is 19.7 Å². The van der Waals surface area contributed by atoms with Crippen LogP contribution in [0.15, 0.2) is 56.0 Å². The fourth-order valence-corrected chi connectivity index (χ4v) is 6.52. The third-order valence-electron chi connectivity index (χ3n) is 2.84. The average molecular weight is 443 g/mol. The molecule has 2 rings (SSSR count). The molecule has 0 heterocycles. The second-order valence-electron chi connectivity index (χ2n) is 4.90. The van der Waals surface area contributed by atoms with Crippen LogP contribution in [0.2, 0.25) is 10.0 Å². The van der Waals surface area contributed by atoms with E-state index in [-0.39, 0.29) is 19.8 Å². The number of rotatable bonds is 5. The van der Waals surface area contributed by atoms with Crippen molar-refractivity contribution in [3.8, 4) is 0 Å². The van der Waals surface area contributed by atoms with Gasteiger partial charge in [0.1, 0.15) is 0 Å². The Kier molecular flexibility index (Phi) is 6.21. The van der Waals surface area contributed by atoms with Crippen LogP contribution in [-0.2, 0) is 19.7 Å². The molecule has 0 aromatic heterocycles. The minimum Gasteiger partial charge on any atom is -0.224 e. The van der Waals surface area contributed by atoms with E-state index < -0.39 is 19.7 Å². The lowest BCUT2D eigenvalue weighted by Crippen LogP contribution is -1.97. The van der Waals surface area contributed by atoms with Crippen LogP contribution in [0.25, 0.3) is 0 Å². The van der Waals surface area contributed by atoms with Gasteiger partial charge in [-0.2, -0.15) is 0 Å². The summed E-state index contributed by atoms with van der Waals surface area (Å²) in [7, 11) is -4.01. The van der Waals surface area contributed by atoms with Gasteiger partial charge in [-0.05, 0) is 36.4 Å². The number of hydrogen-bond acceptors (Lipinski definition) is 6. The Morgan fingerprint density at radius 3 is 1.29 bits per heavy atom. The van der Waals surface area contributed by atoms with E-state index in [1.165, 1.54) is 33.7 Å². The van der Waals surface area contributed by atoms with E-state index in [1.54, 1.807) is 24.3 Å². The summed E-state index contributed by atoms with van der Waals surface area (Å²) >= 11 is 12.0. The summed E-state index contributed by atoms with van der Waals surface area (Å²) < 4.78 is 46.1. The van der Waals surface area contributed by atoms with E-state index in [2.05, 4.69) is 0 Å². The minimum atomic E-state index is -3.36. The predicted molar refractivity (Wildman–Crippen MR) is 101 cm³/mol. The molecule has 0 bridgehead atoms. The normalized spacial score (nSPS) is 12.3. The molecule has 0 unspecified atom stereocenters. The highest BCUT2D eigenvalue weighted by atomic mass is 35.5. The molecule has 10 heteroatoms. The summed E-state index contributed by atoms with van der Waals surface area (Å²) in [5.74, 6) is 0. The van der Waals surface area contributed by atoms with Crippen molar-refractivity contribution in [3.05, 3.63) is 46.4 Å². The molecule has 24 heavy (non-hydrogen) atoms. The minimum absolute atomic E-state index is 0.0825. The van der Waals surface area contributed by atoms with Crippen molar-refractivity contribution in [3.63, 3.8) is 0 Å². The number of sulfone groups is 2. The highest BCUT2D eigenvalue weighted by Crippen LogP contribution is 2.40. The summed E-state index contributed by atoms with van der Waals surface area (Å²) in [6.07, 6.45) is 2.20. The first-order valence-corrected chi connectivity index (χ1v) is 13.0. The molecule has 0 amide bonds. The lowest BCUT2D eigenvalue weighted by molar-refractivity contribution is 0.600. The Bertz CT molecular complexity index is 904. The molecule has 2 aromatic carbocycles. The second kappa shape index (κ2) is 7.47. The predicted octanol–water partition coefficient (Wildman–Crippen LogP) is 4.60. The fraction of sp³-hybridized carbons (Fsp3) is 0.143. The van der Waals surface area contributed by atoms with Crippen molar-refractivity contribution in [2.45, 2.75) is 19.6 Å². The first kappa shape index (κ1) is 19.9. The molecule has 130 valence electrons. The molecule has 0 saturated heterocycles. The van der Waals surface area contributed by atoms with Crippen molar-refractivity contribution in [1.82, 2.24) is 0 Å². The van der Waals surface area contributed by atoms with Gasteiger partial charge in [0.25, 0.3) is 0 Å². The van der Waals surface area contributed by atoms with Gasteiger partial charge in [-0.3, -0.25) is 0 Å². The molecule has 0 atom stereocenters. The Hall–Kier alpha value is -0.380. The summed E-state index contributed by atoms with van der Waals surface area (Å²) in [6, 6.07) is 9.38. The third kappa shape index (κ3) is 5.06. The molecule has 0 radical (unpaired) electrons. The van der Waals surface area contributed by atoms with Gasteiger partial charge in [0.2, 0.25) is 0 Å². The highest BCUT2D eigenvalue weighted by molar-refractivity contribution is 8.76. The molecule has 0 spiro atoms. The zero-order chi connectivity index (χ0) is 18.1. The third-order valence-corrected chi connectivity index (χ3v) is 8.38. The fourth-order valence-electron chi connectivity index (χ4n) is 1.76. The summed E-state index contributed by atoms with van der Waals surface area (Å²) in [6.45, 7) is 0. The zero-order valence-electron chi connectivity index (χ0n) is 12.5. The van der Waals surface area contributed by atoms with Crippen LogP contribution in [0.4, 0.5) is 0 Å². The van der Waals surface area contributed by atoms with Crippen LogP contribution in [-0.4, -0.2) is 29.3 Å². The maximum atomic E-state index is 11.5. The molecular weight excluding hydrogens is 431 g/mol. The number of benzene rings is 2. The topological polar surface area (TPSA) is 68.3 Å². The van der Waals surface area contributed by atoms with Crippen molar-refractivity contribution in [1.29, 1.82) is 0 Å². The average Bonchev–Trinajstić information content (AvgIpc) is 2.42. The van der Waals surface area contributed by atoms with E-state index in [1.807, 2.05) is 0 Å². The van der Waals surface area contributed by atoms with Gasteiger partial charge in [-0.15, -0.1) is 0 Å². The largest absolute Gasteiger partial charge is 0.224 e. The molecule has 0 saturated carbocycles. The van der Waals surface area contributed by atoms with Crippen LogP contribution < -0.4 is 0 Å². The number of hydrogen-bond donors (Lipinski definition) is 0. The van der Waals surface area contributed by atoms with Crippen molar-refractivity contribution in [2.24, 2.45) is 0 Å². The van der Waals surface area contributed by atoms with Crippen LogP contribution in [0.1, 0.15) is 0 Å². The Morgan fingerprint density at radius 2 is 1.04 bits per heavy atom. The van der Waals surface area contributed by atoms with Gasteiger partial charge < -0.3 is 0 Å². The quantitative estimate of drug-likeness (QED) is 0.630. The monoisotopic (exact) mass is 442 g/mol. The van der Waals surface area contributed by atoms with Gasteiger partial charge in [0, 0.05) is 22.3 Å². The Balaban J connectivity index is 2.17.